The molecule has 0 saturated heterocycles. The molecule has 4 heteroatoms. The van der Waals surface area contributed by atoms with Gasteiger partial charge >= 0.3 is 0 Å². The van der Waals surface area contributed by atoms with Crippen molar-refractivity contribution in [3.8, 4) is 5.75 Å². The molecular weight excluding hydrogens is 300 g/mol. The van der Waals surface area contributed by atoms with Crippen LogP contribution in [-0.2, 0) is 6.61 Å². The van der Waals surface area contributed by atoms with Gasteiger partial charge in [-0.3, -0.25) is 9.20 Å². The molecular formula is C20H22N2O2. The Morgan fingerprint density at radius 2 is 2.00 bits per heavy atom. The highest BCUT2D eigenvalue weighted by molar-refractivity contribution is 5.40. The number of hydrogen-bond acceptors (Lipinski definition) is 3. The molecule has 3 aromatic rings. The summed E-state index contributed by atoms with van der Waals surface area (Å²) in [6.45, 7) is 6.59. The Kier molecular flexibility index (Phi) is 4.65. The molecule has 3 rings (SSSR count). The molecule has 4 nitrogen and oxygen atoms in total. The maximum atomic E-state index is 12.3. The first kappa shape index (κ1) is 16.2. The number of fused-ring (bicyclic) bond motifs is 1. The fourth-order valence-electron chi connectivity index (χ4n) is 2.72. The van der Waals surface area contributed by atoms with E-state index in [4.69, 9.17) is 4.74 Å². The fraction of sp³-hybridized carbons (Fsp3) is 0.300. The molecule has 0 spiro atoms. The highest BCUT2D eigenvalue weighted by atomic mass is 16.5. The highest BCUT2D eigenvalue weighted by Crippen LogP contribution is 2.28. The van der Waals surface area contributed by atoms with Crippen LogP contribution in [0.5, 0.6) is 5.75 Å². The minimum absolute atomic E-state index is 0.0856. The molecule has 1 aromatic carbocycles. The predicted molar refractivity (Wildman–Crippen MR) is 95.7 cm³/mol. The van der Waals surface area contributed by atoms with Crippen LogP contribution in [0, 0.1) is 6.92 Å². The summed E-state index contributed by atoms with van der Waals surface area (Å²) in [5.74, 6) is 1.29. The normalized spacial score (nSPS) is 12.3. The summed E-state index contributed by atoms with van der Waals surface area (Å²) in [6.07, 6.45) is 2.85. The maximum absolute atomic E-state index is 12.3. The topological polar surface area (TPSA) is 43.6 Å². The number of pyridine rings is 1. The third kappa shape index (κ3) is 3.32. The van der Waals surface area contributed by atoms with Crippen LogP contribution >= 0.6 is 0 Å². The Balaban J connectivity index is 1.87. The quantitative estimate of drug-likeness (QED) is 0.710. The van der Waals surface area contributed by atoms with Gasteiger partial charge in [0.15, 0.2) is 0 Å². The Bertz CT molecular complexity index is 915. The summed E-state index contributed by atoms with van der Waals surface area (Å²) in [6, 6.07) is 13.4. The van der Waals surface area contributed by atoms with Crippen molar-refractivity contribution >= 4 is 5.65 Å². The van der Waals surface area contributed by atoms with Gasteiger partial charge in [-0.1, -0.05) is 38.1 Å². The summed E-state index contributed by atoms with van der Waals surface area (Å²) in [7, 11) is 0. The van der Waals surface area contributed by atoms with E-state index in [1.54, 1.807) is 10.6 Å². The average Bonchev–Trinajstić information content (AvgIpc) is 2.60. The molecule has 0 aliphatic heterocycles. The van der Waals surface area contributed by atoms with Crippen molar-refractivity contribution in [2.75, 3.05) is 0 Å². The molecule has 0 fully saturated rings. The molecule has 24 heavy (non-hydrogen) atoms. The minimum Gasteiger partial charge on any atom is -0.487 e. The zero-order valence-electron chi connectivity index (χ0n) is 14.3. The van der Waals surface area contributed by atoms with Crippen LogP contribution < -0.4 is 10.3 Å². The third-order valence-corrected chi connectivity index (χ3v) is 4.30. The Hall–Kier alpha value is -2.62. The molecule has 2 heterocycles. The first-order valence-electron chi connectivity index (χ1n) is 8.29. The molecule has 0 unspecified atom stereocenters. The summed E-state index contributed by atoms with van der Waals surface area (Å²) in [5.41, 5.74) is 3.41. The van der Waals surface area contributed by atoms with Crippen molar-refractivity contribution in [1.29, 1.82) is 0 Å². The van der Waals surface area contributed by atoms with Crippen LogP contribution in [0.25, 0.3) is 5.65 Å². The van der Waals surface area contributed by atoms with Gasteiger partial charge < -0.3 is 4.74 Å². The molecule has 0 N–H and O–H groups in total. The lowest BCUT2D eigenvalue weighted by molar-refractivity contribution is 0.296. The Labute approximate surface area is 141 Å². The number of nitrogens with zero attached hydrogens (tertiary/aromatic N) is 2. The van der Waals surface area contributed by atoms with E-state index in [1.807, 2.05) is 37.3 Å². The molecule has 0 aliphatic carbocycles. The molecule has 2 aromatic heterocycles. The standard InChI is InChI=1S/C20H22N2O2/c1-4-15(3)17-7-5-6-8-18(17)24-13-16-11-20(23)22-12-14(2)9-10-19(22)21-16/h5-12,15H,4,13H2,1-3H3/t15-/m0/s1. The van der Waals surface area contributed by atoms with Gasteiger partial charge in [-0.25, -0.2) is 4.98 Å². The Morgan fingerprint density at radius 1 is 1.21 bits per heavy atom. The van der Waals surface area contributed by atoms with Crippen LogP contribution in [0.3, 0.4) is 0 Å². The van der Waals surface area contributed by atoms with E-state index in [0.717, 1.165) is 17.7 Å². The number of aryl methyl sites for hydroxylation is 1. The number of rotatable bonds is 5. The lowest BCUT2D eigenvalue weighted by Crippen LogP contribution is -2.16. The van der Waals surface area contributed by atoms with E-state index in [0.29, 0.717) is 17.3 Å². The van der Waals surface area contributed by atoms with E-state index in [2.05, 4.69) is 24.9 Å². The second kappa shape index (κ2) is 6.87. The zero-order chi connectivity index (χ0) is 17.1. The number of hydrogen-bond donors (Lipinski definition) is 0. The number of ether oxygens (including phenoxy) is 1. The van der Waals surface area contributed by atoms with Crippen molar-refractivity contribution in [3.05, 3.63) is 75.8 Å². The van der Waals surface area contributed by atoms with Gasteiger partial charge in [0.25, 0.3) is 5.56 Å². The number of aromatic nitrogens is 2. The summed E-state index contributed by atoms with van der Waals surface area (Å²) < 4.78 is 7.52. The van der Waals surface area contributed by atoms with Crippen LogP contribution in [-0.4, -0.2) is 9.38 Å². The van der Waals surface area contributed by atoms with Gasteiger partial charge in [-0.2, -0.15) is 0 Å². The van der Waals surface area contributed by atoms with Gasteiger partial charge in [0.05, 0.1) is 5.69 Å². The van der Waals surface area contributed by atoms with Crippen LogP contribution in [0.2, 0.25) is 0 Å². The SMILES string of the molecule is CC[C@H](C)c1ccccc1OCc1cc(=O)n2cc(C)ccc2n1. The minimum atomic E-state index is -0.0856. The smallest absolute Gasteiger partial charge is 0.258 e. The first-order chi connectivity index (χ1) is 11.6. The summed E-state index contributed by atoms with van der Waals surface area (Å²) >= 11 is 0. The second-order valence-electron chi connectivity index (χ2n) is 6.16. The molecule has 0 amide bonds. The van der Waals surface area contributed by atoms with E-state index in [-0.39, 0.29) is 12.2 Å². The molecule has 0 saturated carbocycles. The van der Waals surface area contributed by atoms with Crippen molar-refractivity contribution < 1.29 is 4.74 Å². The van der Waals surface area contributed by atoms with Crippen molar-refractivity contribution in [1.82, 2.24) is 9.38 Å². The molecule has 0 bridgehead atoms. The summed E-state index contributed by atoms with van der Waals surface area (Å²) in [4.78, 5) is 16.8. The van der Waals surface area contributed by atoms with Crippen molar-refractivity contribution in [2.45, 2.75) is 39.7 Å². The first-order valence-corrected chi connectivity index (χ1v) is 8.29. The van der Waals surface area contributed by atoms with E-state index < -0.39 is 0 Å². The third-order valence-electron chi connectivity index (χ3n) is 4.30. The van der Waals surface area contributed by atoms with E-state index >= 15 is 0 Å². The molecule has 0 aliphatic rings. The van der Waals surface area contributed by atoms with Gasteiger partial charge in [-0.05, 0) is 42.5 Å². The van der Waals surface area contributed by atoms with Crippen LogP contribution in [0.15, 0.2) is 53.5 Å². The van der Waals surface area contributed by atoms with Crippen molar-refractivity contribution in [2.24, 2.45) is 0 Å². The lowest BCUT2D eigenvalue weighted by atomic mass is 9.98. The van der Waals surface area contributed by atoms with Gasteiger partial charge in [0.1, 0.15) is 18.0 Å². The molecule has 1 atom stereocenters. The zero-order valence-corrected chi connectivity index (χ0v) is 14.3. The van der Waals surface area contributed by atoms with Crippen LogP contribution in [0.1, 0.15) is 43.0 Å². The number of para-hydroxylation sites is 1. The van der Waals surface area contributed by atoms with E-state index in [1.165, 1.54) is 11.6 Å². The maximum Gasteiger partial charge on any atom is 0.258 e. The summed E-state index contributed by atoms with van der Waals surface area (Å²) in [5, 5.41) is 0. The monoisotopic (exact) mass is 322 g/mol. The Morgan fingerprint density at radius 3 is 2.79 bits per heavy atom. The molecule has 0 radical (unpaired) electrons. The van der Waals surface area contributed by atoms with E-state index in [9.17, 15) is 4.79 Å². The lowest BCUT2D eigenvalue weighted by Gasteiger charge is -2.15. The average molecular weight is 322 g/mol. The van der Waals surface area contributed by atoms with Crippen molar-refractivity contribution in [3.63, 3.8) is 0 Å². The highest BCUT2D eigenvalue weighted by Gasteiger charge is 2.10. The predicted octanol–water partition coefficient (Wildman–Crippen LogP) is 4.10. The van der Waals surface area contributed by atoms with Gasteiger partial charge in [0, 0.05) is 12.3 Å². The number of benzene rings is 1. The van der Waals surface area contributed by atoms with Gasteiger partial charge in [0.2, 0.25) is 0 Å². The fourth-order valence-corrected chi connectivity index (χ4v) is 2.72. The van der Waals surface area contributed by atoms with Gasteiger partial charge in [-0.15, -0.1) is 0 Å². The largest absolute Gasteiger partial charge is 0.487 e. The second-order valence-corrected chi connectivity index (χ2v) is 6.16. The molecule has 124 valence electrons. The van der Waals surface area contributed by atoms with Crippen LogP contribution in [0.4, 0.5) is 0 Å².